The average molecular weight is 392 g/mol. The van der Waals surface area contributed by atoms with Gasteiger partial charge in [0, 0.05) is 18.2 Å². The van der Waals surface area contributed by atoms with Gasteiger partial charge in [0.15, 0.2) is 0 Å². The maximum absolute atomic E-state index is 12.5. The predicted molar refractivity (Wildman–Crippen MR) is 90.3 cm³/mol. The van der Waals surface area contributed by atoms with Crippen LogP contribution in [0.3, 0.4) is 0 Å². The quantitative estimate of drug-likeness (QED) is 0.613. The second-order valence-electron chi connectivity index (χ2n) is 5.80. The number of alkyl halides is 3. The molecule has 0 saturated carbocycles. The van der Waals surface area contributed by atoms with Crippen molar-refractivity contribution >= 4 is 5.97 Å². The lowest BCUT2D eigenvalue weighted by atomic mass is 10.1. The molecule has 0 amide bonds. The highest BCUT2D eigenvalue weighted by Crippen LogP contribution is 2.29. The van der Waals surface area contributed by atoms with Gasteiger partial charge in [-0.2, -0.15) is 18.2 Å². The number of ether oxygens (including phenoxy) is 1. The van der Waals surface area contributed by atoms with E-state index in [1.807, 2.05) is 0 Å². The molecule has 3 rings (SSSR count). The van der Waals surface area contributed by atoms with Crippen LogP contribution in [0, 0.1) is 6.92 Å². The second kappa shape index (κ2) is 7.75. The Labute approximate surface area is 157 Å². The third kappa shape index (κ3) is 4.33. The zero-order valence-electron chi connectivity index (χ0n) is 14.9. The van der Waals surface area contributed by atoms with Crippen molar-refractivity contribution in [1.82, 2.24) is 20.1 Å². The molecule has 0 atom stereocenters. The minimum Gasteiger partial charge on any atom is -0.462 e. The molecule has 0 N–H and O–H groups in total. The molecule has 28 heavy (non-hydrogen) atoms. The third-order valence-electron chi connectivity index (χ3n) is 3.77. The molecule has 0 spiro atoms. The predicted octanol–water partition coefficient (Wildman–Crippen LogP) is 3.62. The number of carbonyl (C=O) groups excluding carboxylic acids is 1. The Balaban J connectivity index is 1.73. The van der Waals surface area contributed by atoms with E-state index in [4.69, 9.17) is 4.74 Å². The summed E-state index contributed by atoms with van der Waals surface area (Å²) in [4.78, 5) is 23.6. The summed E-state index contributed by atoms with van der Waals surface area (Å²) in [7, 11) is 0. The number of benzene rings is 1. The fraction of sp³-hybridized carbons (Fsp3) is 0.278. The van der Waals surface area contributed by atoms with E-state index < -0.39 is 18.0 Å². The Kier molecular flexibility index (Phi) is 5.39. The summed E-state index contributed by atoms with van der Waals surface area (Å²) in [5.74, 6) is -1.52. The third-order valence-corrected chi connectivity index (χ3v) is 3.77. The van der Waals surface area contributed by atoms with Crippen LogP contribution in [-0.4, -0.2) is 32.7 Å². The summed E-state index contributed by atoms with van der Waals surface area (Å²) in [6.45, 7) is 3.66. The van der Waals surface area contributed by atoms with Crippen LogP contribution in [0.4, 0.5) is 13.2 Å². The molecule has 0 fully saturated rings. The number of esters is 1. The minimum absolute atomic E-state index is 0.148. The van der Waals surface area contributed by atoms with Crippen molar-refractivity contribution in [3.63, 3.8) is 0 Å². The van der Waals surface area contributed by atoms with E-state index in [2.05, 4.69) is 24.6 Å². The molecule has 0 aliphatic carbocycles. The van der Waals surface area contributed by atoms with Crippen molar-refractivity contribution in [2.24, 2.45) is 0 Å². The van der Waals surface area contributed by atoms with Gasteiger partial charge in [-0.15, -0.1) is 0 Å². The van der Waals surface area contributed by atoms with Crippen LogP contribution in [0.25, 0.3) is 11.4 Å². The summed E-state index contributed by atoms with van der Waals surface area (Å²) < 4.78 is 46.8. The molecule has 3 aromatic rings. The molecule has 0 unspecified atom stereocenters. The van der Waals surface area contributed by atoms with Crippen LogP contribution in [0.5, 0.6) is 0 Å². The van der Waals surface area contributed by atoms with Crippen molar-refractivity contribution in [1.29, 1.82) is 0 Å². The number of hydrogen-bond acceptors (Lipinski definition) is 7. The first-order valence-corrected chi connectivity index (χ1v) is 8.27. The highest BCUT2D eigenvalue weighted by atomic mass is 19.4. The van der Waals surface area contributed by atoms with Gasteiger partial charge in [0.1, 0.15) is 5.82 Å². The van der Waals surface area contributed by atoms with E-state index in [1.165, 1.54) is 6.20 Å². The monoisotopic (exact) mass is 392 g/mol. The van der Waals surface area contributed by atoms with Gasteiger partial charge in [-0.3, -0.25) is 0 Å². The molecule has 0 saturated heterocycles. The van der Waals surface area contributed by atoms with E-state index >= 15 is 0 Å². The average Bonchev–Trinajstić information content (AvgIpc) is 3.13. The zero-order chi connectivity index (χ0) is 20.3. The largest absolute Gasteiger partial charge is 0.471 e. The van der Waals surface area contributed by atoms with E-state index in [0.29, 0.717) is 29.1 Å². The van der Waals surface area contributed by atoms with Crippen LogP contribution in [0.1, 0.15) is 40.3 Å². The van der Waals surface area contributed by atoms with Gasteiger partial charge in [0.05, 0.1) is 17.9 Å². The SMILES string of the molecule is CCOC(=O)c1cnc(Cc2ccc(-c3noc(C(F)(F)F)n3)cc2)nc1C. The first-order valence-electron chi connectivity index (χ1n) is 8.27. The highest BCUT2D eigenvalue weighted by molar-refractivity contribution is 5.90. The number of nitrogens with zero attached hydrogens (tertiary/aromatic N) is 4. The Morgan fingerprint density at radius 3 is 2.46 bits per heavy atom. The lowest BCUT2D eigenvalue weighted by molar-refractivity contribution is -0.159. The fourth-order valence-electron chi connectivity index (χ4n) is 2.42. The van der Waals surface area contributed by atoms with Crippen molar-refractivity contribution in [3.8, 4) is 11.4 Å². The van der Waals surface area contributed by atoms with Crippen LogP contribution in [-0.2, 0) is 17.3 Å². The minimum atomic E-state index is -4.68. The number of carbonyl (C=O) groups is 1. The van der Waals surface area contributed by atoms with Crippen LogP contribution < -0.4 is 0 Å². The van der Waals surface area contributed by atoms with Gasteiger partial charge < -0.3 is 9.26 Å². The van der Waals surface area contributed by atoms with E-state index in [0.717, 1.165) is 5.56 Å². The van der Waals surface area contributed by atoms with Crippen molar-refractivity contribution in [2.75, 3.05) is 6.61 Å². The van der Waals surface area contributed by atoms with Gasteiger partial charge in [-0.05, 0) is 19.4 Å². The highest BCUT2D eigenvalue weighted by Gasteiger charge is 2.38. The zero-order valence-corrected chi connectivity index (χ0v) is 14.9. The normalized spacial score (nSPS) is 11.5. The Morgan fingerprint density at radius 1 is 1.18 bits per heavy atom. The van der Waals surface area contributed by atoms with E-state index in [9.17, 15) is 18.0 Å². The summed E-state index contributed by atoms with van der Waals surface area (Å²) >= 11 is 0. The lowest BCUT2D eigenvalue weighted by Crippen LogP contribution is -2.10. The molecule has 7 nitrogen and oxygen atoms in total. The van der Waals surface area contributed by atoms with Gasteiger partial charge in [0.25, 0.3) is 0 Å². The van der Waals surface area contributed by atoms with Gasteiger partial charge in [0.2, 0.25) is 5.82 Å². The van der Waals surface area contributed by atoms with E-state index in [1.54, 1.807) is 38.1 Å². The number of hydrogen-bond donors (Lipinski definition) is 0. The second-order valence-corrected chi connectivity index (χ2v) is 5.80. The summed E-state index contributed by atoms with van der Waals surface area (Å²) in [6, 6.07) is 6.58. The number of aryl methyl sites for hydroxylation is 1. The summed E-state index contributed by atoms with van der Waals surface area (Å²) in [6.07, 6.45) is -2.89. The maximum Gasteiger partial charge on any atom is 0.471 e. The molecule has 0 aliphatic rings. The first-order chi connectivity index (χ1) is 13.3. The molecule has 146 valence electrons. The standard InChI is InChI=1S/C18H15F3N4O3/c1-3-27-16(26)13-9-22-14(23-10(13)2)8-11-4-6-12(7-5-11)15-24-17(28-25-15)18(19,20)21/h4-7,9H,3,8H2,1-2H3. The number of rotatable bonds is 5. The van der Waals surface area contributed by atoms with Crippen molar-refractivity contribution in [2.45, 2.75) is 26.4 Å². The first kappa shape index (κ1) is 19.5. The number of aromatic nitrogens is 4. The summed E-state index contributed by atoms with van der Waals surface area (Å²) in [5.41, 5.74) is 2.02. The smallest absolute Gasteiger partial charge is 0.462 e. The Bertz CT molecular complexity index is 984. The molecule has 2 heterocycles. The molecule has 0 radical (unpaired) electrons. The fourth-order valence-corrected chi connectivity index (χ4v) is 2.42. The van der Waals surface area contributed by atoms with Crippen LogP contribution in [0.2, 0.25) is 0 Å². The summed E-state index contributed by atoms with van der Waals surface area (Å²) in [5, 5.41) is 3.34. The molecular weight excluding hydrogens is 377 g/mol. The molecule has 1 aromatic carbocycles. The number of halogens is 3. The Morgan fingerprint density at radius 2 is 1.89 bits per heavy atom. The molecule has 0 aliphatic heterocycles. The molecule has 2 aromatic heterocycles. The molecular formula is C18H15F3N4O3. The molecule has 0 bridgehead atoms. The van der Waals surface area contributed by atoms with Gasteiger partial charge in [-0.1, -0.05) is 29.4 Å². The van der Waals surface area contributed by atoms with Crippen molar-refractivity contribution < 1.29 is 27.2 Å². The van der Waals surface area contributed by atoms with Crippen LogP contribution in [0.15, 0.2) is 35.0 Å². The topological polar surface area (TPSA) is 91.0 Å². The lowest BCUT2D eigenvalue weighted by Gasteiger charge is -2.07. The van der Waals surface area contributed by atoms with Gasteiger partial charge >= 0.3 is 18.0 Å². The van der Waals surface area contributed by atoms with Crippen LogP contribution >= 0.6 is 0 Å². The van der Waals surface area contributed by atoms with E-state index in [-0.39, 0.29) is 12.4 Å². The Hall–Kier alpha value is -3.30. The molecule has 10 heteroatoms. The van der Waals surface area contributed by atoms with Gasteiger partial charge in [-0.25, -0.2) is 14.8 Å². The maximum atomic E-state index is 12.5. The van der Waals surface area contributed by atoms with Crippen molar-refractivity contribution in [3.05, 3.63) is 59.0 Å².